The molecule has 5 N–H and O–H groups in total. The monoisotopic (exact) mass is 499 g/mol. The molecule has 36 heavy (non-hydrogen) atoms. The maximum Gasteiger partial charge on any atom is 0.334 e. The summed E-state index contributed by atoms with van der Waals surface area (Å²) in [5.74, 6) is -3.36. The number of urea groups is 1. The van der Waals surface area contributed by atoms with Crippen LogP contribution in [0.1, 0.15) is 45.1 Å². The quantitative estimate of drug-likeness (QED) is 0.310. The predicted molar refractivity (Wildman–Crippen MR) is 138 cm³/mol. The van der Waals surface area contributed by atoms with Crippen molar-refractivity contribution in [3.05, 3.63) is 52.4 Å². The van der Waals surface area contributed by atoms with Crippen LogP contribution in [0, 0.1) is 0 Å². The van der Waals surface area contributed by atoms with Crippen LogP contribution in [-0.2, 0) is 9.59 Å². The van der Waals surface area contributed by atoms with E-state index in [9.17, 15) is 24.6 Å². The standard InChI is InChI=1S/C26H37N5O5/c1-4-10-30-12-14-31(15-13-30)11-6-9-27-26(36)29-20-8-5-7-19(16-20)23-21(24(32)33)17(2)28-18(3)22(23)25(34)35/h5,7-8,16,23,28H,4,6,9-15H2,1-3H3,(H,32,33)(H,34,35)(H2,27,29,36). The van der Waals surface area contributed by atoms with Gasteiger partial charge in [0.05, 0.1) is 17.1 Å². The number of benzene rings is 1. The molecule has 1 fully saturated rings. The molecule has 196 valence electrons. The highest BCUT2D eigenvalue weighted by Gasteiger charge is 2.36. The molecule has 0 unspecified atom stereocenters. The fourth-order valence-electron chi connectivity index (χ4n) is 4.92. The van der Waals surface area contributed by atoms with Crippen molar-refractivity contribution in [2.75, 3.05) is 51.1 Å². The number of allylic oxidation sites excluding steroid dienone is 2. The van der Waals surface area contributed by atoms with Crippen molar-refractivity contribution in [3.8, 4) is 0 Å². The molecule has 2 aliphatic heterocycles. The number of hydrogen-bond acceptors (Lipinski definition) is 6. The molecule has 2 heterocycles. The van der Waals surface area contributed by atoms with E-state index in [1.807, 2.05) is 0 Å². The van der Waals surface area contributed by atoms with Crippen molar-refractivity contribution in [2.45, 2.75) is 39.5 Å². The molecule has 1 aromatic rings. The zero-order valence-electron chi connectivity index (χ0n) is 21.3. The van der Waals surface area contributed by atoms with Crippen molar-refractivity contribution in [2.24, 2.45) is 0 Å². The highest BCUT2D eigenvalue weighted by Crippen LogP contribution is 2.38. The SMILES string of the molecule is CCCN1CCN(CCCNC(=O)Nc2cccc(C3C(C(=O)O)=C(C)NC(C)=C3C(=O)O)c2)CC1. The number of rotatable bonds is 10. The molecule has 0 atom stereocenters. The molecule has 1 aromatic carbocycles. The lowest BCUT2D eigenvalue weighted by Crippen LogP contribution is -2.47. The van der Waals surface area contributed by atoms with Gasteiger partial charge in [-0.15, -0.1) is 0 Å². The number of aliphatic carboxylic acids is 2. The summed E-state index contributed by atoms with van der Waals surface area (Å²) < 4.78 is 0. The average Bonchev–Trinajstić information content (AvgIpc) is 2.82. The largest absolute Gasteiger partial charge is 0.478 e. The Balaban J connectivity index is 1.58. The minimum Gasteiger partial charge on any atom is -0.478 e. The van der Waals surface area contributed by atoms with Crippen molar-refractivity contribution in [1.82, 2.24) is 20.4 Å². The van der Waals surface area contributed by atoms with Crippen LogP contribution in [0.5, 0.6) is 0 Å². The highest BCUT2D eigenvalue weighted by atomic mass is 16.4. The number of nitrogens with zero attached hydrogens (tertiary/aromatic N) is 2. The van der Waals surface area contributed by atoms with Crippen molar-refractivity contribution < 1.29 is 24.6 Å². The van der Waals surface area contributed by atoms with Crippen LogP contribution in [0.4, 0.5) is 10.5 Å². The number of carboxylic acids is 2. The molecular weight excluding hydrogens is 462 g/mol. The summed E-state index contributed by atoms with van der Waals surface area (Å²) in [7, 11) is 0. The summed E-state index contributed by atoms with van der Waals surface area (Å²) in [5, 5.41) is 28.1. The maximum absolute atomic E-state index is 12.5. The Morgan fingerprint density at radius 3 is 2.11 bits per heavy atom. The first kappa shape index (κ1) is 27.2. The van der Waals surface area contributed by atoms with E-state index < -0.39 is 17.9 Å². The predicted octanol–water partition coefficient (Wildman–Crippen LogP) is 2.63. The van der Waals surface area contributed by atoms with E-state index >= 15 is 0 Å². The van der Waals surface area contributed by atoms with E-state index in [0.717, 1.165) is 45.7 Å². The Labute approximate surface area is 212 Å². The molecule has 2 amide bonds. The summed E-state index contributed by atoms with van der Waals surface area (Å²) in [5.41, 5.74) is 1.64. The molecule has 0 aromatic heterocycles. The molecule has 0 saturated carbocycles. The number of anilines is 1. The lowest BCUT2D eigenvalue weighted by atomic mass is 9.80. The molecule has 10 nitrogen and oxygen atoms in total. The van der Waals surface area contributed by atoms with Gasteiger partial charge in [-0.2, -0.15) is 0 Å². The number of hydrogen-bond donors (Lipinski definition) is 5. The van der Waals surface area contributed by atoms with Crippen molar-refractivity contribution >= 4 is 23.7 Å². The smallest absolute Gasteiger partial charge is 0.334 e. The number of carbonyl (C=O) groups excluding carboxylic acids is 1. The van der Waals surface area contributed by atoms with Crippen LogP contribution in [-0.4, -0.2) is 83.8 Å². The van der Waals surface area contributed by atoms with Gasteiger partial charge in [0.2, 0.25) is 0 Å². The molecule has 0 spiro atoms. The fourth-order valence-corrected chi connectivity index (χ4v) is 4.92. The second kappa shape index (κ2) is 12.5. The zero-order valence-corrected chi connectivity index (χ0v) is 21.3. The maximum atomic E-state index is 12.5. The Bertz CT molecular complexity index is 1010. The Kier molecular flexibility index (Phi) is 9.49. The van der Waals surface area contributed by atoms with Crippen LogP contribution in [0.25, 0.3) is 0 Å². The molecule has 2 aliphatic rings. The first-order chi connectivity index (χ1) is 17.2. The van der Waals surface area contributed by atoms with E-state index in [1.165, 1.54) is 6.42 Å². The highest BCUT2D eigenvalue weighted by molar-refractivity contribution is 5.98. The topological polar surface area (TPSA) is 134 Å². The van der Waals surface area contributed by atoms with E-state index in [2.05, 4.69) is 32.7 Å². The second-order valence-corrected chi connectivity index (χ2v) is 9.29. The minimum atomic E-state index is -1.20. The summed E-state index contributed by atoms with van der Waals surface area (Å²) in [6, 6.07) is 6.30. The van der Waals surface area contributed by atoms with Crippen LogP contribution in [0.3, 0.4) is 0 Å². The average molecular weight is 500 g/mol. The summed E-state index contributed by atoms with van der Waals surface area (Å²) in [6.07, 6.45) is 2.02. The van der Waals surface area contributed by atoms with Gasteiger partial charge < -0.3 is 36.0 Å². The van der Waals surface area contributed by atoms with Gasteiger partial charge in [0.1, 0.15) is 0 Å². The van der Waals surface area contributed by atoms with Crippen LogP contribution >= 0.6 is 0 Å². The fraction of sp³-hybridized carbons (Fsp3) is 0.500. The van der Waals surface area contributed by atoms with Crippen molar-refractivity contribution in [3.63, 3.8) is 0 Å². The van der Waals surface area contributed by atoms with Gasteiger partial charge in [-0.25, -0.2) is 14.4 Å². The molecule has 3 rings (SSSR count). The number of amides is 2. The Morgan fingerprint density at radius 2 is 1.56 bits per heavy atom. The normalized spacial score (nSPS) is 17.6. The zero-order chi connectivity index (χ0) is 26.2. The lowest BCUT2D eigenvalue weighted by Gasteiger charge is -2.34. The van der Waals surface area contributed by atoms with E-state index in [0.29, 0.717) is 29.2 Å². The minimum absolute atomic E-state index is 0.0323. The summed E-state index contributed by atoms with van der Waals surface area (Å²) >= 11 is 0. The van der Waals surface area contributed by atoms with E-state index in [1.54, 1.807) is 38.1 Å². The number of nitrogens with one attached hydrogen (secondary N) is 3. The third-order valence-electron chi connectivity index (χ3n) is 6.64. The van der Waals surface area contributed by atoms with E-state index in [4.69, 9.17) is 0 Å². The molecule has 1 saturated heterocycles. The lowest BCUT2D eigenvalue weighted by molar-refractivity contribution is -0.133. The molecule has 0 radical (unpaired) electrons. The van der Waals surface area contributed by atoms with Gasteiger partial charge in [-0.3, -0.25) is 0 Å². The molecule has 10 heteroatoms. The molecule has 0 bridgehead atoms. The van der Waals surface area contributed by atoms with Gasteiger partial charge in [-0.1, -0.05) is 19.1 Å². The first-order valence-electron chi connectivity index (χ1n) is 12.5. The number of dihydropyridines is 1. The van der Waals surface area contributed by atoms with Crippen LogP contribution < -0.4 is 16.0 Å². The Hall–Kier alpha value is -3.37. The summed E-state index contributed by atoms with van der Waals surface area (Å²) in [4.78, 5) is 41.3. The van der Waals surface area contributed by atoms with Gasteiger partial charge in [0, 0.05) is 49.8 Å². The molecular formula is C26H37N5O5. The number of carbonyl (C=O) groups is 3. The van der Waals surface area contributed by atoms with Gasteiger partial charge in [0.25, 0.3) is 0 Å². The Morgan fingerprint density at radius 1 is 0.972 bits per heavy atom. The first-order valence-corrected chi connectivity index (χ1v) is 12.5. The van der Waals surface area contributed by atoms with Crippen LogP contribution in [0.2, 0.25) is 0 Å². The number of carboxylic acid groups (broad SMARTS) is 2. The summed E-state index contributed by atoms with van der Waals surface area (Å²) in [6.45, 7) is 12.3. The molecule has 0 aliphatic carbocycles. The van der Waals surface area contributed by atoms with Gasteiger partial charge >= 0.3 is 18.0 Å². The van der Waals surface area contributed by atoms with Gasteiger partial charge in [-0.05, 0) is 57.5 Å². The van der Waals surface area contributed by atoms with Crippen LogP contribution in [0.15, 0.2) is 46.8 Å². The van der Waals surface area contributed by atoms with Crippen molar-refractivity contribution in [1.29, 1.82) is 0 Å². The second-order valence-electron chi connectivity index (χ2n) is 9.29. The third kappa shape index (κ3) is 6.86. The van der Waals surface area contributed by atoms with E-state index in [-0.39, 0.29) is 17.2 Å². The number of piperazine rings is 1. The van der Waals surface area contributed by atoms with Gasteiger partial charge in [0.15, 0.2) is 0 Å². The third-order valence-corrected chi connectivity index (χ3v) is 6.64.